The monoisotopic (exact) mass is 217 g/mol. The number of nitrogens with zero attached hydrogens (tertiary/aromatic N) is 1. The molecule has 0 aliphatic heterocycles. The Labute approximate surface area is 93.7 Å². The van der Waals surface area contributed by atoms with Crippen LogP contribution in [-0.2, 0) is 0 Å². The molecular formula is C13H12FNO. The van der Waals surface area contributed by atoms with Gasteiger partial charge in [-0.2, -0.15) is 0 Å². The average Bonchev–Trinajstić information content (AvgIpc) is 2.29. The van der Waals surface area contributed by atoms with E-state index in [1.165, 1.54) is 13.2 Å². The van der Waals surface area contributed by atoms with Crippen molar-refractivity contribution in [3.05, 3.63) is 47.9 Å². The topological polar surface area (TPSA) is 22.1 Å². The molecule has 0 spiro atoms. The molecule has 82 valence electrons. The molecule has 0 aliphatic rings. The summed E-state index contributed by atoms with van der Waals surface area (Å²) in [4.78, 5) is 4.33. The van der Waals surface area contributed by atoms with E-state index in [-0.39, 0.29) is 11.6 Å². The number of ether oxygens (including phenoxy) is 1. The molecule has 0 unspecified atom stereocenters. The van der Waals surface area contributed by atoms with Gasteiger partial charge in [0.25, 0.3) is 0 Å². The Kier molecular flexibility index (Phi) is 2.86. The molecule has 2 rings (SSSR count). The van der Waals surface area contributed by atoms with Crippen molar-refractivity contribution < 1.29 is 9.13 Å². The van der Waals surface area contributed by atoms with Gasteiger partial charge < -0.3 is 4.74 Å². The van der Waals surface area contributed by atoms with Gasteiger partial charge in [-0.3, -0.25) is 4.98 Å². The van der Waals surface area contributed by atoms with Crippen LogP contribution in [0.3, 0.4) is 0 Å². The second kappa shape index (κ2) is 4.31. The van der Waals surface area contributed by atoms with Gasteiger partial charge in [0.1, 0.15) is 0 Å². The zero-order valence-corrected chi connectivity index (χ0v) is 9.20. The molecule has 1 aromatic carbocycles. The molecule has 0 bridgehead atoms. The molecule has 0 atom stereocenters. The van der Waals surface area contributed by atoms with Crippen LogP contribution in [0.4, 0.5) is 4.39 Å². The van der Waals surface area contributed by atoms with Crippen LogP contribution in [0.1, 0.15) is 5.69 Å². The summed E-state index contributed by atoms with van der Waals surface area (Å²) in [7, 11) is 1.45. The van der Waals surface area contributed by atoms with Crippen molar-refractivity contribution in [2.75, 3.05) is 7.11 Å². The molecule has 16 heavy (non-hydrogen) atoms. The number of pyridine rings is 1. The summed E-state index contributed by atoms with van der Waals surface area (Å²) in [6.45, 7) is 1.91. The minimum Gasteiger partial charge on any atom is -0.494 e. The largest absolute Gasteiger partial charge is 0.494 e. The van der Waals surface area contributed by atoms with E-state index < -0.39 is 0 Å². The Morgan fingerprint density at radius 3 is 2.62 bits per heavy atom. The third-order valence-corrected chi connectivity index (χ3v) is 2.34. The molecule has 0 saturated carbocycles. The highest BCUT2D eigenvalue weighted by atomic mass is 19.1. The Morgan fingerprint density at radius 1 is 1.19 bits per heavy atom. The number of methoxy groups -OCH3 is 1. The van der Waals surface area contributed by atoms with Crippen LogP contribution in [0, 0.1) is 12.7 Å². The van der Waals surface area contributed by atoms with Crippen molar-refractivity contribution in [2.24, 2.45) is 0 Å². The van der Waals surface area contributed by atoms with Gasteiger partial charge in [-0.1, -0.05) is 6.07 Å². The molecule has 2 nitrogen and oxygen atoms in total. The summed E-state index contributed by atoms with van der Waals surface area (Å²) in [5.41, 5.74) is 2.43. The van der Waals surface area contributed by atoms with E-state index in [4.69, 9.17) is 4.74 Å². The van der Waals surface area contributed by atoms with Gasteiger partial charge in [-0.15, -0.1) is 0 Å². The smallest absolute Gasteiger partial charge is 0.165 e. The summed E-state index contributed by atoms with van der Waals surface area (Å²) in [5, 5.41) is 0. The first-order valence-corrected chi connectivity index (χ1v) is 4.98. The maximum Gasteiger partial charge on any atom is 0.165 e. The van der Waals surface area contributed by atoms with Crippen LogP contribution in [0.25, 0.3) is 11.3 Å². The van der Waals surface area contributed by atoms with Crippen molar-refractivity contribution in [3.8, 4) is 17.0 Å². The number of hydrogen-bond donors (Lipinski definition) is 0. The van der Waals surface area contributed by atoms with Crippen LogP contribution >= 0.6 is 0 Å². The minimum absolute atomic E-state index is 0.247. The Morgan fingerprint density at radius 2 is 2.00 bits per heavy atom. The van der Waals surface area contributed by atoms with E-state index in [0.29, 0.717) is 0 Å². The van der Waals surface area contributed by atoms with Gasteiger partial charge in [0, 0.05) is 11.3 Å². The third-order valence-electron chi connectivity index (χ3n) is 2.34. The summed E-state index contributed by atoms with van der Waals surface area (Å²) in [6.07, 6.45) is 0. The van der Waals surface area contributed by atoms with Gasteiger partial charge in [-0.25, -0.2) is 4.39 Å². The van der Waals surface area contributed by atoms with Crippen LogP contribution in [0.15, 0.2) is 36.4 Å². The van der Waals surface area contributed by atoms with E-state index in [1.54, 1.807) is 12.1 Å². The molecule has 0 radical (unpaired) electrons. The molecule has 0 saturated heterocycles. The van der Waals surface area contributed by atoms with Crippen molar-refractivity contribution in [1.29, 1.82) is 0 Å². The van der Waals surface area contributed by atoms with Gasteiger partial charge in [-0.05, 0) is 37.3 Å². The highest BCUT2D eigenvalue weighted by Gasteiger charge is 2.05. The van der Waals surface area contributed by atoms with Crippen molar-refractivity contribution in [3.63, 3.8) is 0 Å². The van der Waals surface area contributed by atoms with E-state index >= 15 is 0 Å². The Bertz CT molecular complexity index is 511. The van der Waals surface area contributed by atoms with Crippen molar-refractivity contribution in [1.82, 2.24) is 4.98 Å². The molecule has 1 aromatic heterocycles. The SMILES string of the molecule is COc1ccc(-c2cccc(C)n2)cc1F. The number of halogens is 1. The molecule has 0 fully saturated rings. The fraction of sp³-hybridized carbons (Fsp3) is 0.154. The first kappa shape index (κ1) is 10.6. The van der Waals surface area contributed by atoms with Crippen molar-refractivity contribution in [2.45, 2.75) is 6.92 Å². The number of rotatable bonds is 2. The summed E-state index contributed by atoms with van der Waals surface area (Å²) in [6, 6.07) is 10.5. The van der Waals surface area contributed by atoms with E-state index in [1.807, 2.05) is 25.1 Å². The van der Waals surface area contributed by atoms with Crippen LogP contribution in [0.2, 0.25) is 0 Å². The normalized spacial score (nSPS) is 10.2. The van der Waals surface area contributed by atoms with Crippen LogP contribution in [-0.4, -0.2) is 12.1 Å². The van der Waals surface area contributed by atoms with Crippen molar-refractivity contribution >= 4 is 0 Å². The number of benzene rings is 1. The lowest BCUT2D eigenvalue weighted by Gasteiger charge is -2.05. The average molecular weight is 217 g/mol. The molecule has 0 N–H and O–H groups in total. The maximum absolute atomic E-state index is 13.5. The lowest BCUT2D eigenvalue weighted by molar-refractivity contribution is 0.386. The first-order valence-electron chi connectivity index (χ1n) is 4.98. The van der Waals surface area contributed by atoms with Gasteiger partial charge >= 0.3 is 0 Å². The number of aryl methyl sites for hydroxylation is 1. The zero-order chi connectivity index (χ0) is 11.5. The lowest BCUT2D eigenvalue weighted by Crippen LogP contribution is -1.90. The van der Waals surface area contributed by atoms with E-state index in [2.05, 4.69) is 4.98 Å². The molecule has 2 aromatic rings. The summed E-state index contributed by atoms with van der Waals surface area (Å²) >= 11 is 0. The molecule has 0 aliphatic carbocycles. The van der Waals surface area contributed by atoms with Gasteiger partial charge in [0.15, 0.2) is 11.6 Å². The standard InChI is InChI=1S/C13H12FNO/c1-9-4-3-5-12(15-9)10-6-7-13(16-2)11(14)8-10/h3-8H,1-2H3. The summed E-state index contributed by atoms with van der Waals surface area (Å²) < 4.78 is 18.3. The highest BCUT2D eigenvalue weighted by molar-refractivity contribution is 5.60. The second-order valence-electron chi connectivity index (χ2n) is 3.51. The quantitative estimate of drug-likeness (QED) is 0.770. The predicted octanol–water partition coefficient (Wildman–Crippen LogP) is 3.20. The Hall–Kier alpha value is -1.90. The zero-order valence-electron chi connectivity index (χ0n) is 9.20. The fourth-order valence-electron chi connectivity index (χ4n) is 1.53. The summed E-state index contributed by atoms with van der Waals surface area (Å²) in [5.74, 6) is -0.125. The molecular weight excluding hydrogens is 205 g/mol. The molecule has 0 amide bonds. The van der Waals surface area contributed by atoms with Gasteiger partial charge in [0.2, 0.25) is 0 Å². The Balaban J connectivity index is 2.45. The fourth-order valence-corrected chi connectivity index (χ4v) is 1.53. The van der Waals surface area contributed by atoms with E-state index in [0.717, 1.165) is 17.0 Å². The van der Waals surface area contributed by atoms with Gasteiger partial charge in [0.05, 0.1) is 12.8 Å². The van der Waals surface area contributed by atoms with E-state index in [9.17, 15) is 4.39 Å². The lowest BCUT2D eigenvalue weighted by atomic mass is 10.1. The number of aromatic nitrogens is 1. The minimum atomic E-state index is -0.372. The highest BCUT2D eigenvalue weighted by Crippen LogP contribution is 2.24. The second-order valence-corrected chi connectivity index (χ2v) is 3.51. The molecule has 3 heteroatoms. The van der Waals surface area contributed by atoms with Crippen LogP contribution in [0.5, 0.6) is 5.75 Å². The third kappa shape index (κ3) is 2.03. The maximum atomic E-state index is 13.5. The predicted molar refractivity (Wildman–Crippen MR) is 60.9 cm³/mol. The molecule has 1 heterocycles. The first-order chi connectivity index (χ1) is 7.70. The van der Waals surface area contributed by atoms with Crippen LogP contribution < -0.4 is 4.74 Å². The number of hydrogen-bond acceptors (Lipinski definition) is 2.